The molecule has 0 radical (unpaired) electrons. The van der Waals surface area contributed by atoms with Crippen molar-refractivity contribution < 1.29 is 4.42 Å². The number of hydrogen-bond acceptors (Lipinski definition) is 2. The summed E-state index contributed by atoms with van der Waals surface area (Å²) in [6, 6.07) is 9.96. The summed E-state index contributed by atoms with van der Waals surface area (Å²) in [5.41, 5.74) is 3.50. The van der Waals surface area contributed by atoms with Gasteiger partial charge in [0.1, 0.15) is 5.76 Å². The van der Waals surface area contributed by atoms with Gasteiger partial charge in [0.25, 0.3) is 0 Å². The lowest BCUT2D eigenvalue weighted by molar-refractivity contribution is 0.514. The molecule has 0 atom stereocenters. The van der Waals surface area contributed by atoms with E-state index >= 15 is 0 Å². The summed E-state index contributed by atoms with van der Waals surface area (Å²) in [6.07, 6.45) is 1.67. The van der Waals surface area contributed by atoms with Crippen molar-refractivity contribution >= 4 is 5.69 Å². The zero-order valence-corrected chi connectivity index (χ0v) is 9.82. The van der Waals surface area contributed by atoms with Gasteiger partial charge < -0.3 is 4.42 Å². The van der Waals surface area contributed by atoms with Crippen LogP contribution in [0, 0.1) is 20.8 Å². The van der Waals surface area contributed by atoms with E-state index in [1.807, 2.05) is 31.2 Å². The predicted octanol–water partition coefficient (Wildman–Crippen LogP) is 3.44. The standard InChI is InChI=1S/C14H15NO/c1-10-5-4-6-14(12(10)3)15-13-7-8-16-11(2)9-13/h4-9H,1-3H3. The van der Waals surface area contributed by atoms with E-state index in [4.69, 9.17) is 4.42 Å². The molecule has 82 valence electrons. The third kappa shape index (κ3) is 2.22. The molecule has 0 bridgehead atoms. The molecule has 0 aliphatic heterocycles. The second kappa shape index (κ2) is 4.35. The third-order valence-corrected chi connectivity index (χ3v) is 2.67. The quantitative estimate of drug-likeness (QED) is 0.712. The molecule has 0 unspecified atom stereocenters. The Morgan fingerprint density at radius 2 is 1.88 bits per heavy atom. The zero-order valence-electron chi connectivity index (χ0n) is 9.82. The molecule has 2 rings (SSSR count). The van der Waals surface area contributed by atoms with Crippen molar-refractivity contribution in [1.82, 2.24) is 0 Å². The van der Waals surface area contributed by atoms with E-state index < -0.39 is 0 Å². The van der Waals surface area contributed by atoms with Crippen LogP contribution in [0.2, 0.25) is 0 Å². The van der Waals surface area contributed by atoms with Crippen molar-refractivity contribution in [2.45, 2.75) is 20.8 Å². The number of hydrogen-bond donors (Lipinski definition) is 0. The Morgan fingerprint density at radius 3 is 2.62 bits per heavy atom. The highest BCUT2D eigenvalue weighted by Gasteiger charge is 1.97. The molecule has 16 heavy (non-hydrogen) atoms. The van der Waals surface area contributed by atoms with Gasteiger partial charge in [-0.25, -0.2) is 4.99 Å². The Bertz CT molecular complexity index is 567. The molecule has 0 aliphatic rings. The highest BCUT2D eigenvalue weighted by molar-refractivity contribution is 5.48. The van der Waals surface area contributed by atoms with Crippen LogP contribution in [0.3, 0.4) is 0 Å². The van der Waals surface area contributed by atoms with Gasteiger partial charge in [-0.2, -0.15) is 0 Å². The first-order valence-corrected chi connectivity index (χ1v) is 5.33. The van der Waals surface area contributed by atoms with Crippen molar-refractivity contribution in [3.05, 3.63) is 58.8 Å². The van der Waals surface area contributed by atoms with Gasteiger partial charge in [-0.05, 0) is 44.0 Å². The molecule has 0 spiro atoms. The van der Waals surface area contributed by atoms with E-state index in [2.05, 4.69) is 24.9 Å². The van der Waals surface area contributed by atoms with Crippen molar-refractivity contribution in [2.24, 2.45) is 4.99 Å². The van der Waals surface area contributed by atoms with Gasteiger partial charge >= 0.3 is 0 Å². The highest BCUT2D eigenvalue weighted by atomic mass is 16.3. The largest absolute Gasteiger partial charge is 0.470 e. The van der Waals surface area contributed by atoms with E-state index in [0.717, 1.165) is 16.8 Å². The van der Waals surface area contributed by atoms with Crippen LogP contribution in [0.4, 0.5) is 5.69 Å². The summed E-state index contributed by atoms with van der Waals surface area (Å²) in [5, 5.41) is 0.928. The Hall–Kier alpha value is -1.83. The molecule has 1 aromatic heterocycles. The van der Waals surface area contributed by atoms with Crippen LogP contribution in [0.15, 0.2) is 46.0 Å². The van der Waals surface area contributed by atoms with Gasteiger partial charge in [0.15, 0.2) is 0 Å². The molecule has 2 nitrogen and oxygen atoms in total. The molecular formula is C14H15NO. The number of aryl methyl sites for hydroxylation is 2. The molecule has 0 N–H and O–H groups in total. The van der Waals surface area contributed by atoms with Gasteiger partial charge in [0.05, 0.1) is 17.3 Å². The van der Waals surface area contributed by atoms with Crippen LogP contribution >= 0.6 is 0 Å². The summed E-state index contributed by atoms with van der Waals surface area (Å²) in [5.74, 6) is 0.867. The smallest absolute Gasteiger partial charge is 0.102 e. The minimum atomic E-state index is 0.867. The second-order valence-corrected chi connectivity index (χ2v) is 3.93. The second-order valence-electron chi connectivity index (χ2n) is 3.93. The molecule has 0 amide bonds. The van der Waals surface area contributed by atoms with Gasteiger partial charge in [-0.15, -0.1) is 0 Å². The normalized spacial score (nSPS) is 11.8. The maximum absolute atomic E-state index is 5.20. The first kappa shape index (κ1) is 10.7. The van der Waals surface area contributed by atoms with E-state index in [-0.39, 0.29) is 0 Å². The van der Waals surface area contributed by atoms with Gasteiger partial charge in [0, 0.05) is 6.07 Å². The van der Waals surface area contributed by atoms with E-state index in [1.54, 1.807) is 6.26 Å². The topological polar surface area (TPSA) is 25.5 Å². The monoisotopic (exact) mass is 213 g/mol. The first-order valence-electron chi connectivity index (χ1n) is 5.33. The van der Waals surface area contributed by atoms with Crippen LogP contribution in [0.5, 0.6) is 0 Å². The summed E-state index contributed by atoms with van der Waals surface area (Å²) in [6.45, 7) is 6.11. The Labute approximate surface area is 95.3 Å². The minimum absolute atomic E-state index is 0.867. The van der Waals surface area contributed by atoms with Crippen LogP contribution in [-0.2, 0) is 0 Å². The molecule has 0 saturated heterocycles. The lowest BCUT2D eigenvalue weighted by Gasteiger charge is -2.02. The molecule has 1 heterocycles. The molecule has 1 aromatic carbocycles. The zero-order chi connectivity index (χ0) is 11.5. The summed E-state index contributed by atoms with van der Waals surface area (Å²) >= 11 is 0. The van der Waals surface area contributed by atoms with Crippen molar-refractivity contribution in [3.8, 4) is 0 Å². The summed E-state index contributed by atoms with van der Waals surface area (Å²) < 4.78 is 5.20. The predicted molar refractivity (Wildman–Crippen MR) is 64.6 cm³/mol. The van der Waals surface area contributed by atoms with Crippen molar-refractivity contribution in [2.75, 3.05) is 0 Å². The molecule has 2 heteroatoms. The first-order chi connectivity index (χ1) is 7.66. The number of benzene rings is 1. The Kier molecular flexibility index (Phi) is 2.91. The van der Waals surface area contributed by atoms with Gasteiger partial charge in [-0.3, -0.25) is 0 Å². The van der Waals surface area contributed by atoms with Crippen LogP contribution < -0.4 is 5.36 Å². The number of rotatable bonds is 1. The molecule has 0 fully saturated rings. The van der Waals surface area contributed by atoms with E-state index in [9.17, 15) is 0 Å². The molecule has 0 aliphatic carbocycles. The SMILES string of the molecule is Cc1cc(=Nc2cccc(C)c2C)cco1. The summed E-state index contributed by atoms with van der Waals surface area (Å²) in [7, 11) is 0. The molecule has 2 aromatic rings. The van der Waals surface area contributed by atoms with Gasteiger partial charge in [0.2, 0.25) is 0 Å². The average Bonchev–Trinajstić information content (AvgIpc) is 2.25. The fourth-order valence-corrected chi connectivity index (χ4v) is 1.57. The third-order valence-electron chi connectivity index (χ3n) is 2.67. The van der Waals surface area contributed by atoms with Crippen LogP contribution in [0.1, 0.15) is 16.9 Å². The Balaban J connectivity index is 2.55. The maximum atomic E-state index is 5.20. The lowest BCUT2D eigenvalue weighted by atomic mass is 10.1. The van der Waals surface area contributed by atoms with Crippen LogP contribution in [-0.4, -0.2) is 0 Å². The van der Waals surface area contributed by atoms with E-state index in [0.29, 0.717) is 0 Å². The van der Waals surface area contributed by atoms with Crippen molar-refractivity contribution in [1.29, 1.82) is 0 Å². The maximum Gasteiger partial charge on any atom is 0.102 e. The Morgan fingerprint density at radius 1 is 1.06 bits per heavy atom. The molecular weight excluding hydrogens is 198 g/mol. The highest BCUT2D eigenvalue weighted by Crippen LogP contribution is 2.20. The summed E-state index contributed by atoms with van der Waals surface area (Å²) in [4.78, 5) is 4.60. The molecule has 0 saturated carbocycles. The van der Waals surface area contributed by atoms with Crippen LogP contribution in [0.25, 0.3) is 0 Å². The minimum Gasteiger partial charge on any atom is -0.470 e. The fraction of sp³-hybridized carbons (Fsp3) is 0.214. The number of nitrogens with zero attached hydrogens (tertiary/aromatic N) is 1. The van der Waals surface area contributed by atoms with E-state index in [1.165, 1.54) is 11.1 Å². The fourth-order valence-electron chi connectivity index (χ4n) is 1.57. The lowest BCUT2D eigenvalue weighted by Crippen LogP contribution is -1.99. The average molecular weight is 213 g/mol. The van der Waals surface area contributed by atoms with Gasteiger partial charge in [-0.1, -0.05) is 12.1 Å². The van der Waals surface area contributed by atoms with Crippen molar-refractivity contribution in [3.63, 3.8) is 0 Å².